The molecular weight excluding hydrogens is 368 g/mol. The number of hydrogen-bond acceptors (Lipinski definition) is 6. The standard InChI is InChI=1S/C21H28N6O2/c1-13-10-15-12-16(20(28)22-17(15)11-14(13)2)18(26-6-8-29-9-7-26)19-23-24-25-27(19)21(3,4)5/h10-12,18H,6-9H2,1-5H3,(H,22,28). The Bertz CT molecular complexity index is 1090. The Morgan fingerprint density at radius 2 is 1.79 bits per heavy atom. The molecule has 4 rings (SSSR count). The van der Waals surface area contributed by atoms with E-state index in [-0.39, 0.29) is 17.1 Å². The first kappa shape index (κ1) is 19.7. The van der Waals surface area contributed by atoms with Crippen molar-refractivity contribution in [3.63, 3.8) is 0 Å². The molecule has 8 heteroatoms. The maximum atomic E-state index is 13.2. The average Bonchev–Trinajstić information content (AvgIpc) is 3.15. The number of aryl methyl sites for hydroxylation is 2. The molecule has 8 nitrogen and oxygen atoms in total. The van der Waals surface area contributed by atoms with Crippen LogP contribution in [-0.4, -0.2) is 56.4 Å². The predicted octanol–water partition coefficient (Wildman–Crippen LogP) is 2.31. The molecule has 0 amide bonds. The van der Waals surface area contributed by atoms with Crippen LogP contribution in [0.25, 0.3) is 10.9 Å². The maximum absolute atomic E-state index is 13.2. The van der Waals surface area contributed by atoms with Gasteiger partial charge in [-0.25, -0.2) is 4.68 Å². The van der Waals surface area contributed by atoms with Gasteiger partial charge in [-0.2, -0.15) is 0 Å². The number of aromatic amines is 1. The molecular formula is C21H28N6O2. The van der Waals surface area contributed by atoms with Crippen molar-refractivity contribution in [3.05, 3.63) is 51.1 Å². The van der Waals surface area contributed by atoms with Crippen LogP contribution in [0.2, 0.25) is 0 Å². The maximum Gasteiger partial charge on any atom is 0.253 e. The van der Waals surface area contributed by atoms with E-state index in [2.05, 4.69) is 66.1 Å². The molecule has 1 N–H and O–H groups in total. The summed E-state index contributed by atoms with van der Waals surface area (Å²) >= 11 is 0. The fourth-order valence-electron chi connectivity index (χ4n) is 3.87. The van der Waals surface area contributed by atoms with Crippen LogP contribution in [0.15, 0.2) is 23.0 Å². The summed E-state index contributed by atoms with van der Waals surface area (Å²) in [5, 5.41) is 13.5. The van der Waals surface area contributed by atoms with E-state index >= 15 is 0 Å². The Kier molecular flexibility index (Phi) is 5.00. The molecule has 0 spiro atoms. The van der Waals surface area contributed by atoms with Gasteiger partial charge < -0.3 is 9.72 Å². The minimum Gasteiger partial charge on any atom is -0.379 e. The van der Waals surface area contributed by atoms with Crippen LogP contribution < -0.4 is 5.56 Å². The minimum atomic E-state index is -0.345. The van der Waals surface area contributed by atoms with Crippen molar-refractivity contribution in [3.8, 4) is 0 Å². The first-order chi connectivity index (χ1) is 13.8. The molecule has 0 aliphatic carbocycles. The van der Waals surface area contributed by atoms with Gasteiger partial charge in [-0.1, -0.05) is 0 Å². The molecule has 1 fully saturated rings. The fraction of sp³-hybridized carbons (Fsp3) is 0.524. The molecule has 3 aromatic rings. The third-order valence-electron chi connectivity index (χ3n) is 5.57. The summed E-state index contributed by atoms with van der Waals surface area (Å²) in [4.78, 5) is 18.5. The number of ether oxygens (including phenoxy) is 1. The normalized spacial score (nSPS) is 17.0. The lowest BCUT2D eigenvalue weighted by Crippen LogP contribution is -2.43. The number of pyridine rings is 1. The molecule has 0 radical (unpaired) electrons. The number of morpholine rings is 1. The van der Waals surface area contributed by atoms with Crippen LogP contribution in [-0.2, 0) is 10.3 Å². The summed E-state index contributed by atoms with van der Waals surface area (Å²) < 4.78 is 7.36. The monoisotopic (exact) mass is 396 g/mol. The molecule has 3 heterocycles. The van der Waals surface area contributed by atoms with Gasteiger partial charge in [0.2, 0.25) is 0 Å². The van der Waals surface area contributed by atoms with Gasteiger partial charge >= 0.3 is 0 Å². The van der Waals surface area contributed by atoms with Crippen molar-refractivity contribution in [1.29, 1.82) is 0 Å². The molecule has 29 heavy (non-hydrogen) atoms. The van der Waals surface area contributed by atoms with Crippen molar-refractivity contribution in [2.24, 2.45) is 0 Å². The summed E-state index contributed by atoms with van der Waals surface area (Å²) in [7, 11) is 0. The Balaban J connectivity index is 1.92. The summed E-state index contributed by atoms with van der Waals surface area (Å²) in [6, 6.07) is 5.79. The molecule has 1 aliphatic rings. The molecule has 1 aromatic carbocycles. The van der Waals surface area contributed by atoms with Crippen molar-refractivity contribution < 1.29 is 4.74 Å². The summed E-state index contributed by atoms with van der Waals surface area (Å²) in [6.45, 7) is 13.0. The first-order valence-corrected chi connectivity index (χ1v) is 10.0. The Morgan fingerprint density at radius 1 is 1.10 bits per heavy atom. The number of tetrazole rings is 1. The third kappa shape index (κ3) is 3.70. The van der Waals surface area contributed by atoms with E-state index < -0.39 is 0 Å². The number of hydrogen-bond donors (Lipinski definition) is 1. The van der Waals surface area contributed by atoms with E-state index in [1.165, 1.54) is 5.56 Å². The summed E-state index contributed by atoms with van der Waals surface area (Å²) in [5.74, 6) is 0.674. The van der Waals surface area contributed by atoms with Crippen molar-refractivity contribution in [2.45, 2.75) is 46.2 Å². The molecule has 2 aromatic heterocycles. The highest BCUT2D eigenvalue weighted by molar-refractivity contribution is 5.81. The van der Waals surface area contributed by atoms with Crippen LogP contribution in [0.4, 0.5) is 0 Å². The largest absolute Gasteiger partial charge is 0.379 e. The molecule has 1 aliphatic heterocycles. The van der Waals surface area contributed by atoms with E-state index in [1.54, 1.807) is 0 Å². The van der Waals surface area contributed by atoms with Crippen LogP contribution in [0.3, 0.4) is 0 Å². The van der Waals surface area contributed by atoms with E-state index in [0.717, 1.165) is 16.5 Å². The summed E-state index contributed by atoms with van der Waals surface area (Å²) in [5.41, 5.74) is 3.43. The lowest BCUT2D eigenvalue weighted by Gasteiger charge is -2.34. The van der Waals surface area contributed by atoms with Crippen molar-refractivity contribution in [1.82, 2.24) is 30.1 Å². The lowest BCUT2D eigenvalue weighted by atomic mass is 9.99. The van der Waals surface area contributed by atoms with Crippen molar-refractivity contribution >= 4 is 10.9 Å². The Morgan fingerprint density at radius 3 is 2.48 bits per heavy atom. The fourth-order valence-corrected chi connectivity index (χ4v) is 3.87. The number of nitrogens with zero attached hydrogens (tertiary/aromatic N) is 5. The second-order valence-electron chi connectivity index (χ2n) is 8.75. The van der Waals surface area contributed by atoms with Crippen LogP contribution >= 0.6 is 0 Å². The van der Waals surface area contributed by atoms with Crippen molar-refractivity contribution in [2.75, 3.05) is 26.3 Å². The van der Waals surface area contributed by atoms with Gasteiger partial charge in [-0.05, 0) is 79.8 Å². The first-order valence-electron chi connectivity index (χ1n) is 10.0. The SMILES string of the molecule is Cc1cc2cc(C(c3nnnn3C(C)(C)C)N3CCOCC3)c(=O)[nH]c2cc1C. The van der Waals surface area contributed by atoms with E-state index in [9.17, 15) is 4.79 Å². The second kappa shape index (κ2) is 7.35. The highest BCUT2D eigenvalue weighted by atomic mass is 16.5. The smallest absolute Gasteiger partial charge is 0.253 e. The van der Waals surface area contributed by atoms with Gasteiger partial charge in [0.25, 0.3) is 5.56 Å². The predicted molar refractivity (Wildman–Crippen MR) is 111 cm³/mol. The third-order valence-corrected chi connectivity index (χ3v) is 5.57. The molecule has 0 bridgehead atoms. The highest BCUT2D eigenvalue weighted by Gasteiger charge is 2.34. The number of benzene rings is 1. The molecule has 0 saturated carbocycles. The second-order valence-corrected chi connectivity index (χ2v) is 8.75. The zero-order chi connectivity index (χ0) is 20.8. The number of fused-ring (bicyclic) bond motifs is 1. The van der Waals surface area contributed by atoms with Gasteiger partial charge in [-0.3, -0.25) is 9.69 Å². The molecule has 1 atom stereocenters. The molecule has 1 unspecified atom stereocenters. The van der Waals surface area contributed by atoms with Gasteiger partial charge in [-0.15, -0.1) is 5.10 Å². The topological polar surface area (TPSA) is 88.9 Å². The van der Waals surface area contributed by atoms with Gasteiger partial charge in [0, 0.05) is 24.2 Å². The number of nitrogens with one attached hydrogen (secondary N) is 1. The van der Waals surface area contributed by atoms with E-state index in [4.69, 9.17) is 4.74 Å². The molecule has 154 valence electrons. The number of aromatic nitrogens is 5. The summed E-state index contributed by atoms with van der Waals surface area (Å²) in [6.07, 6.45) is 0. The average molecular weight is 396 g/mol. The van der Waals surface area contributed by atoms with Crippen LogP contribution in [0.1, 0.15) is 49.3 Å². The van der Waals surface area contributed by atoms with E-state index in [1.807, 2.05) is 16.8 Å². The quantitative estimate of drug-likeness (QED) is 0.731. The Labute approximate surface area is 169 Å². The minimum absolute atomic E-state index is 0.110. The van der Waals surface area contributed by atoms with Gasteiger partial charge in [0.05, 0.1) is 18.8 Å². The zero-order valence-corrected chi connectivity index (χ0v) is 17.7. The van der Waals surface area contributed by atoms with Gasteiger partial charge in [0.15, 0.2) is 5.82 Å². The zero-order valence-electron chi connectivity index (χ0n) is 17.7. The van der Waals surface area contributed by atoms with Crippen LogP contribution in [0.5, 0.6) is 0 Å². The number of H-pyrrole nitrogens is 1. The lowest BCUT2D eigenvalue weighted by molar-refractivity contribution is 0.0206. The van der Waals surface area contributed by atoms with E-state index in [0.29, 0.717) is 37.7 Å². The van der Waals surface area contributed by atoms with Gasteiger partial charge in [0.1, 0.15) is 6.04 Å². The van der Waals surface area contributed by atoms with Crippen LogP contribution in [0, 0.1) is 13.8 Å². The molecule has 1 saturated heterocycles. The Hall–Kier alpha value is -2.58. The highest BCUT2D eigenvalue weighted by Crippen LogP contribution is 2.30. The number of rotatable bonds is 3.